The molecule has 1 atom stereocenters. The molecule has 0 fully saturated rings. The van der Waals surface area contributed by atoms with Gasteiger partial charge in [0, 0.05) is 12.6 Å². The van der Waals surface area contributed by atoms with E-state index in [0.717, 1.165) is 24.2 Å². The van der Waals surface area contributed by atoms with Crippen LogP contribution in [0, 0.1) is 6.92 Å². The van der Waals surface area contributed by atoms with Gasteiger partial charge in [-0.3, -0.25) is 0 Å². The van der Waals surface area contributed by atoms with Crippen molar-refractivity contribution in [2.75, 3.05) is 13.2 Å². The highest BCUT2D eigenvalue weighted by atomic mass is 16.5. The van der Waals surface area contributed by atoms with Crippen molar-refractivity contribution in [2.24, 2.45) is 0 Å². The summed E-state index contributed by atoms with van der Waals surface area (Å²) in [5, 5.41) is 13.2. The van der Waals surface area contributed by atoms with E-state index in [1.807, 2.05) is 31.2 Å². The molecule has 0 spiro atoms. The highest BCUT2D eigenvalue weighted by Gasteiger charge is 2.12. The molecule has 0 aliphatic heterocycles. The van der Waals surface area contributed by atoms with Gasteiger partial charge in [0.05, 0.1) is 0 Å². The largest absolute Gasteiger partial charge is 0.491 e. The molecule has 0 bridgehead atoms. The number of para-hydroxylation sites is 1. The molecule has 0 heterocycles. The van der Waals surface area contributed by atoms with Gasteiger partial charge in [0.25, 0.3) is 0 Å². The van der Waals surface area contributed by atoms with E-state index in [9.17, 15) is 5.11 Å². The van der Waals surface area contributed by atoms with E-state index in [1.54, 1.807) is 0 Å². The zero-order valence-electron chi connectivity index (χ0n) is 10.8. The summed E-state index contributed by atoms with van der Waals surface area (Å²) in [4.78, 5) is 0. The number of hydrogen-bond acceptors (Lipinski definition) is 3. The first kappa shape index (κ1) is 13.1. The summed E-state index contributed by atoms with van der Waals surface area (Å²) in [6, 6.07) is 8.34. The number of aryl methyl sites for hydroxylation is 1. The molecular formula is C15H21NO2. The number of hydrogen-bond donors (Lipinski definition) is 2. The van der Waals surface area contributed by atoms with Crippen molar-refractivity contribution >= 4 is 0 Å². The first-order valence-corrected chi connectivity index (χ1v) is 6.50. The summed E-state index contributed by atoms with van der Waals surface area (Å²) in [6.45, 7) is 2.92. The van der Waals surface area contributed by atoms with Crippen LogP contribution < -0.4 is 10.1 Å². The molecule has 3 heteroatoms. The van der Waals surface area contributed by atoms with Crippen LogP contribution in [-0.4, -0.2) is 30.4 Å². The Bertz CT molecular complexity index is 395. The quantitative estimate of drug-likeness (QED) is 0.756. The summed E-state index contributed by atoms with van der Waals surface area (Å²) in [7, 11) is 0. The first-order chi connectivity index (χ1) is 8.75. The maximum atomic E-state index is 9.85. The fraction of sp³-hybridized carbons (Fsp3) is 0.467. The summed E-state index contributed by atoms with van der Waals surface area (Å²) in [6.07, 6.45) is 6.00. The molecule has 2 rings (SSSR count). The van der Waals surface area contributed by atoms with Crippen LogP contribution in [0.3, 0.4) is 0 Å². The van der Waals surface area contributed by atoms with Crippen molar-refractivity contribution in [3.63, 3.8) is 0 Å². The number of aliphatic hydroxyl groups is 1. The number of nitrogens with one attached hydrogen (secondary N) is 1. The van der Waals surface area contributed by atoms with Gasteiger partial charge < -0.3 is 15.2 Å². The van der Waals surface area contributed by atoms with Crippen molar-refractivity contribution in [1.29, 1.82) is 0 Å². The van der Waals surface area contributed by atoms with E-state index >= 15 is 0 Å². The number of ether oxygens (including phenoxy) is 1. The van der Waals surface area contributed by atoms with Crippen LogP contribution >= 0.6 is 0 Å². The summed E-state index contributed by atoms with van der Waals surface area (Å²) in [5.74, 6) is 0.846. The van der Waals surface area contributed by atoms with E-state index in [2.05, 4.69) is 17.5 Å². The van der Waals surface area contributed by atoms with Crippen LogP contribution in [0.15, 0.2) is 36.4 Å². The lowest BCUT2D eigenvalue weighted by Crippen LogP contribution is -2.36. The average Bonchev–Trinajstić information content (AvgIpc) is 2.88. The number of rotatable bonds is 6. The predicted molar refractivity (Wildman–Crippen MR) is 72.8 cm³/mol. The van der Waals surface area contributed by atoms with Crippen LogP contribution in [0.25, 0.3) is 0 Å². The zero-order chi connectivity index (χ0) is 12.8. The third-order valence-corrected chi connectivity index (χ3v) is 3.17. The second-order valence-electron chi connectivity index (χ2n) is 4.78. The minimum atomic E-state index is -0.467. The molecule has 18 heavy (non-hydrogen) atoms. The maximum absolute atomic E-state index is 9.85. The van der Waals surface area contributed by atoms with Gasteiger partial charge in [-0.15, -0.1) is 0 Å². The monoisotopic (exact) mass is 247 g/mol. The van der Waals surface area contributed by atoms with E-state index in [-0.39, 0.29) is 0 Å². The second kappa shape index (κ2) is 6.57. The Morgan fingerprint density at radius 2 is 2.06 bits per heavy atom. The molecule has 98 valence electrons. The van der Waals surface area contributed by atoms with Crippen molar-refractivity contribution in [2.45, 2.75) is 31.9 Å². The molecule has 1 aliphatic rings. The van der Waals surface area contributed by atoms with Crippen LogP contribution in [0.5, 0.6) is 5.75 Å². The van der Waals surface area contributed by atoms with Crippen LogP contribution in [0.1, 0.15) is 18.4 Å². The minimum Gasteiger partial charge on any atom is -0.491 e. The molecule has 1 unspecified atom stereocenters. The van der Waals surface area contributed by atoms with Gasteiger partial charge in [0.2, 0.25) is 0 Å². The first-order valence-electron chi connectivity index (χ1n) is 6.50. The van der Waals surface area contributed by atoms with E-state index < -0.39 is 6.10 Å². The molecule has 1 aliphatic carbocycles. The lowest BCUT2D eigenvalue weighted by atomic mass is 10.2. The summed E-state index contributed by atoms with van der Waals surface area (Å²) in [5.41, 5.74) is 1.10. The topological polar surface area (TPSA) is 41.5 Å². The van der Waals surface area contributed by atoms with Crippen LogP contribution in [0.4, 0.5) is 0 Å². The minimum absolute atomic E-state index is 0.331. The fourth-order valence-electron chi connectivity index (χ4n) is 2.05. The predicted octanol–water partition coefficient (Wildman–Crippen LogP) is 2.04. The van der Waals surface area contributed by atoms with Gasteiger partial charge in [0.1, 0.15) is 18.5 Å². The van der Waals surface area contributed by atoms with Gasteiger partial charge in [-0.05, 0) is 31.4 Å². The number of benzene rings is 1. The average molecular weight is 247 g/mol. The van der Waals surface area contributed by atoms with E-state index in [1.165, 1.54) is 0 Å². The third-order valence-electron chi connectivity index (χ3n) is 3.17. The molecule has 2 N–H and O–H groups in total. The van der Waals surface area contributed by atoms with Crippen LogP contribution in [0.2, 0.25) is 0 Å². The Labute approximate surface area is 108 Å². The summed E-state index contributed by atoms with van der Waals surface area (Å²) < 4.78 is 5.61. The Balaban J connectivity index is 1.68. The Morgan fingerprint density at radius 3 is 2.78 bits per heavy atom. The van der Waals surface area contributed by atoms with Gasteiger partial charge >= 0.3 is 0 Å². The van der Waals surface area contributed by atoms with E-state index in [4.69, 9.17) is 4.74 Å². The smallest absolute Gasteiger partial charge is 0.122 e. The lowest BCUT2D eigenvalue weighted by Gasteiger charge is -2.17. The molecule has 0 saturated heterocycles. The number of aliphatic hydroxyl groups excluding tert-OH is 1. The van der Waals surface area contributed by atoms with Gasteiger partial charge in [-0.1, -0.05) is 30.4 Å². The normalized spacial score (nSPS) is 17.0. The maximum Gasteiger partial charge on any atom is 0.122 e. The molecule has 0 radical (unpaired) electrons. The standard InChI is InChI=1S/C15H21NO2/c1-12-6-2-5-9-15(12)18-11-14(17)10-16-13-7-3-4-8-13/h2-6,9,13-14,16-17H,7-8,10-11H2,1H3. The molecule has 3 nitrogen and oxygen atoms in total. The van der Waals surface area contributed by atoms with Crippen molar-refractivity contribution in [1.82, 2.24) is 5.32 Å². The van der Waals surface area contributed by atoms with Gasteiger partial charge in [0.15, 0.2) is 0 Å². The van der Waals surface area contributed by atoms with Crippen molar-refractivity contribution in [3.05, 3.63) is 42.0 Å². The molecular weight excluding hydrogens is 226 g/mol. The zero-order valence-corrected chi connectivity index (χ0v) is 10.8. The second-order valence-corrected chi connectivity index (χ2v) is 4.78. The summed E-state index contributed by atoms with van der Waals surface area (Å²) >= 11 is 0. The Morgan fingerprint density at radius 1 is 1.33 bits per heavy atom. The lowest BCUT2D eigenvalue weighted by molar-refractivity contribution is 0.103. The van der Waals surface area contributed by atoms with Crippen molar-refractivity contribution < 1.29 is 9.84 Å². The molecule has 0 saturated carbocycles. The third kappa shape index (κ3) is 3.86. The molecule has 0 amide bonds. The molecule has 1 aromatic carbocycles. The molecule has 0 aromatic heterocycles. The van der Waals surface area contributed by atoms with Crippen LogP contribution in [-0.2, 0) is 0 Å². The molecule has 1 aromatic rings. The highest BCUT2D eigenvalue weighted by Crippen LogP contribution is 2.16. The van der Waals surface area contributed by atoms with E-state index in [0.29, 0.717) is 19.2 Å². The Hall–Kier alpha value is -1.32. The fourth-order valence-corrected chi connectivity index (χ4v) is 2.05. The van der Waals surface area contributed by atoms with Gasteiger partial charge in [-0.2, -0.15) is 0 Å². The Kier molecular flexibility index (Phi) is 4.79. The van der Waals surface area contributed by atoms with Gasteiger partial charge in [-0.25, -0.2) is 0 Å². The highest BCUT2D eigenvalue weighted by molar-refractivity contribution is 5.31. The van der Waals surface area contributed by atoms with Crippen molar-refractivity contribution in [3.8, 4) is 5.75 Å². The SMILES string of the molecule is Cc1ccccc1OCC(O)CNC1CC=CC1.